The molecule has 0 unspecified atom stereocenters. The van der Waals surface area contributed by atoms with Crippen LogP contribution < -0.4 is 4.74 Å². The molecule has 0 radical (unpaired) electrons. The summed E-state index contributed by atoms with van der Waals surface area (Å²) in [5.74, 6) is 0.377. The average Bonchev–Trinajstić information content (AvgIpc) is 2.93. The number of nitrogens with zero attached hydrogens (tertiary/aromatic N) is 2. The van der Waals surface area contributed by atoms with Crippen molar-refractivity contribution in [2.75, 3.05) is 53.7 Å². The van der Waals surface area contributed by atoms with Crippen LogP contribution in [0.15, 0.2) is 30.0 Å². The first-order chi connectivity index (χ1) is 13.9. The number of hydrogen-bond donors (Lipinski definition) is 0. The third kappa shape index (κ3) is 5.58. The molecule has 2 rings (SSSR count). The van der Waals surface area contributed by atoms with Gasteiger partial charge < -0.3 is 19.1 Å². The molecule has 0 aromatic heterocycles. The highest BCUT2D eigenvalue weighted by Gasteiger charge is 2.41. The molecule has 160 valence electrons. The van der Waals surface area contributed by atoms with Crippen LogP contribution in [-0.4, -0.2) is 75.3 Å². The molecule has 7 nitrogen and oxygen atoms in total. The Kier molecular flexibility index (Phi) is 8.67. The van der Waals surface area contributed by atoms with E-state index in [1.54, 1.807) is 14.2 Å². The minimum absolute atomic E-state index is 0.176. The van der Waals surface area contributed by atoms with Crippen molar-refractivity contribution in [1.82, 2.24) is 9.80 Å². The van der Waals surface area contributed by atoms with Gasteiger partial charge in [0.1, 0.15) is 11.4 Å². The number of methoxy groups -OCH3 is 2. The maximum atomic E-state index is 13.3. The molecule has 0 aliphatic carbocycles. The second-order valence-electron chi connectivity index (χ2n) is 7.27. The van der Waals surface area contributed by atoms with Crippen molar-refractivity contribution < 1.29 is 23.8 Å². The van der Waals surface area contributed by atoms with Gasteiger partial charge in [-0.1, -0.05) is 26.0 Å². The number of rotatable bonds is 12. The van der Waals surface area contributed by atoms with Crippen molar-refractivity contribution in [2.45, 2.75) is 20.8 Å². The van der Waals surface area contributed by atoms with Gasteiger partial charge >= 0.3 is 0 Å². The van der Waals surface area contributed by atoms with Crippen LogP contribution in [0.4, 0.5) is 0 Å². The van der Waals surface area contributed by atoms with Gasteiger partial charge in [0.15, 0.2) is 0 Å². The molecule has 0 fully saturated rings. The monoisotopic (exact) mass is 404 g/mol. The predicted molar refractivity (Wildman–Crippen MR) is 111 cm³/mol. The Morgan fingerprint density at radius 2 is 1.55 bits per heavy atom. The molecule has 1 aliphatic heterocycles. The van der Waals surface area contributed by atoms with Gasteiger partial charge in [0.2, 0.25) is 0 Å². The van der Waals surface area contributed by atoms with Gasteiger partial charge in [-0.05, 0) is 30.5 Å². The molecule has 7 heteroatoms. The summed E-state index contributed by atoms with van der Waals surface area (Å²) >= 11 is 0. The van der Waals surface area contributed by atoms with E-state index in [4.69, 9.17) is 14.2 Å². The van der Waals surface area contributed by atoms with E-state index in [9.17, 15) is 9.59 Å². The van der Waals surface area contributed by atoms with Gasteiger partial charge in [0.25, 0.3) is 11.8 Å². The smallest absolute Gasteiger partial charge is 0.277 e. The summed E-state index contributed by atoms with van der Waals surface area (Å²) in [4.78, 5) is 29.8. The van der Waals surface area contributed by atoms with Gasteiger partial charge in [-0.15, -0.1) is 0 Å². The first-order valence-electron chi connectivity index (χ1n) is 10.0. The maximum Gasteiger partial charge on any atom is 0.277 e. The molecule has 1 aromatic rings. The molecule has 29 heavy (non-hydrogen) atoms. The lowest BCUT2D eigenvalue weighted by Crippen LogP contribution is -2.39. The molecule has 0 saturated carbocycles. The van der Waals surface area contributed by atoms with E-state index in [0.29, 0.717) is 56.3 Å². The Balaban J connectivity index is 2.50. The normalized spacial score (nSPS) is 14.3. The lowest BCUT2D eigenvalue weighted by molar-refractivity contribution is -0.138. The second kappa shape index (κ2) is 11.0. The van der Waals surface area contributed by atoms with Crippen LogP contribution in [0.2, 0.25) is 0 Å². The van der Waals surface area contributed by atoms with Gasteiger partial charge in [-0.2, -0.15) is 0 Å². The number of amides is 2. The van der Waals surface area contributed by atoms with Crippen LogP contribution in [-0.2, 0) is 19.1 Å². The Bertz CT molecular complexity index is 719. The Hall–Kier alpha value is -2.38. The molecule has 2 amide bonds. The molecule has 1 aromatic carbocycles. The second-order valence-corrected chi connectivity index (χ2v) is 7.27. The van der Waals surface area contributed by atoms with E-state index in [0.717, 1.165) is 5.75 Å². The first-order valence-corrected chi connectivity index (χ1v) is 10.0. The summed E-state index contributed by atoms with van der Waals surface area (Å²) in [6, 6.07) is 7.30. The van der Waals surface area contributed by atoms with Crippen LogP contribution in [0.3, 0.4) is 0 Å². The highest BCUT2D eigenvalue weighted by atomic mass is 16.5. The SMILES string of the molecule is CCOc1ccc(C2=C(N(CCOC)CCOC)C(=O)N(CC(C)C)C2=O)cc1. The van der Waals surface area contributed by atoms with Gasteiger partial charge in [0, 0.05) is 33.9 Å². The molecule has 0 saturated heterocycles. The summed E-state index contributed by atoms with van der Waals surface area (Å²) in [5, 5.41) is 0. The molecular formula is C22H32N2O5. The number of imide groups is 1. The summed E-state index contributed by atoms with van der Waals surface area (Å²) in [7, 11) is 3.23. The Morgan fingerprint density at radius 3 is 2.03 bits per heavy atom. The lowest BCUT2D eigenvalue weighted by Gasteiger charge is -2.26. The van der Waals surface area contributed by atoms with Crippen LogP contribution in [0.5, 0.6) is 5.75 Å². The molecule has 0 N–H and O–H groups in total. The van der Waals surface area contributed by atoms with Crippen LogP contribution in [0.1, 0.15) is 26.3 Å². The Labute approximate surface area is 173 Å². The van der Waals surface area contributed by atoms with Crippen molar-refractivity contribution in [3.05, 3.63) is 35.5 Å². The summed E-state index contributed by atoms with van der Waals surface area (Å²) in [5.41, 5.74) is 1.53. The molecule has 1 aliphatic rings. The van der Waals surface area contributed by atoms with E-state index in [1.165, 1.54) is 4.90 Å². The van der Waals surface area contributed by atoms with Crippen molar-refractivity contribution in [3.8, 4) is 5.75 Å². The summed E-state index contributed by atoms with van der Waals surface area (Å²) < 4.78 is 15.9. The third-order valence-electron chi connectivity index (χ3n) is 4.59. The fourth-order valence-electron chi connectivity index (χ4n) is 3.27. The lowest BCUT2D eigenvalue weighted by atomic mass is 10.0. The quantitative estimate of drug-likeness (QED) is 0.499. The minimum Gasteiger partial charge on any atom is -0.494 e. The number of hydrogen-bond acceptors (Lipinski definition) is 6. The van der Waals surface area contributed by atoms with Gasteiger partial charge in [-0.3, -0.25) is 14.5 Å². The van der Waals surface area contributed by atoms with Crippen molar-refractivity contribution in [3.63, 3.8) is 0 Å². The van der Waals surface area contributed by atoms with E-state index >= 15 is 0 Å². The van der Waals surface area contributed by atoms with Crippen molar-refractivity contribution >= 4 is 17.4 Å². The van der Waals surface area contributed by atoms with Gasteiger partial charge in [-0.25, -0.2) is 0 Å². The van der Waals surface area contributed by atoms with E-state index in [2.05, 4.69) is 0 Å². The van der Waals surface area contributed by atoms with Crippen molar-refractivity contribution in [1.29, 1.82) is 0 Å². The fraction of sp³-hybridized carbons (Fsp3) is 0.545. The average molecular weight is 405 g/mol. The number of ether oxygens (including phenoxy) is 3. The molecule has 0 spiro atoms. The van der Waals surface area contributed by atoms with Crippen molar-refractivity contribution in [2.24, 2.45) is 5.92 Å². The van der Waals surface area contributed by atoms with Crippen LogP contribution in [0.25, 0.3) is 5.57 Å². The predicted octanol–water partition coefficient (Wildman–Crippen LogP) is 2.42. The summed E-state index contributed by atoms with van der Waals surface area (Å²) in [6.45, 7) is 8.70. The van der Waals surface area contributed by atoms with E-state index in [1.807, 2.05) is 49.9 Å². The highest BCUT2D eigenvalue weighted by molar-refractivity contribution is 6.35. The highest BCUT2D eigenvalue weighted by Crippen LogP contribution is 2.33. The number of benzene rings is 1. The van der Waals surface area contributed by atoms with Crippen LogP contribution in [0, 0.1) is 5.92 Å². The zero-order valence-electron chi connectivity index (χ0n) is 18.1. The molecule has 0 atom stereocenters. The minimum atomic E-state index is -0.264. The van der Waals surface area contributed by atoms with E-state index < -0.39 is 0 Å². The third-order valence-corrected chi connectivity index (χ3v) is 4.59. The number of carbonyl (C=O) groups is 2. The largest absolute Gasteiger partial charge is 0.494 e. The fourth-order valence-corrected chi connectivity index (χ4v) is 3.27. The maximum absolute atomic E-state index is 13.3. The number of carbonyl (C=O) groups excluding carboxylic acids is 2. The van der Waals surface area contributed by atoms with E-state index in [-0.39, 0.29) is 17.7 Å². The summed E-state index contributed by atoms with van der Waals surface area (Å²) in [6.07, 6.45) is 0. The zero-order valence-corrected chi connectivity index (χ0v) is 18.1. The van der Waals surface area contributed by atoms with Crippen LogP contribution >= 0.6 is 0 Å². The standard InChI is InChI=1S/C22H32N2O5/c1-6-29-18-9-7-17(8-10-18)19-20(23(11-13-27-4)12-14-28-5)22(26)24(21(19)25)15-16(2)3/h7-10,16H,6,11-15H2,1-5H3. The van der Waals surface area contributed by atoms with Gasteiger partial charge in [0.05, 0.1) is 25.4 Å². The topological polar surface area (TPSA) is 68.3 Å². The molecule has 0 bridgehead atoms. The Morgan fingerprint density at radius 1 is 0.966 bits per heavy atom. The molecule has 1 heterocycles. The zero-order chi connectivity index (χ0) is 21.4. The first kappa shape index (κ1) is 22.9. The molecular weight excluding hydrogens is 372 g/mol.